The van der Waals surface area contributed by atoms with Gasteiger partial charge in [-0.1, -0.05) is 25.1 Å². The van der Waals surface area contributed by atoms with Crippen molar-refractivity contribution in [2.75, 3.05) is 18.5 Å². The van der Waals surface area contributed by atoms with Crippen molar-refractivity contribution >= 4 is 5.82 Å². The van der Waals surface area contributed by atoms with E-state index < -0.39 is 0 Å². The van der Waals surface area contributed by atoms with E-state index in [4.69, 9.17) is 4.74 Å². The number of anilines is 1. The summed E-state index contributed by atoms with van der Waals surface area (Å²) in [6, 6.07) is 9.61. The predicted octanol–water partition coefficient (Wildman–Crippen LogP) is 3.06. The molecule has 0 aliphatic rings. The first-order chi connectivity index (χ1) is 9.81. The Bertz CT molecular complexity index is 534. The third kappa shape index (κ3) is 3.91. The number of benzene rings is 1. The van der Waals surface area contributed by atoms with E-state index in [1.54, 1.807) is 0 Å². The molecule has 5 heteroatoms. The van der Waals surface area contributed by atoms with Crippen molar-refractivity contribution < 1.29 is 9.13 Å². The van der Waals surface area contributed by atoms with Crippen LogP contribution < -0.4 is 10.1 Å². The Kier molecular flexibility index (Phi) is 5.29. The average molecular weight is 275 g/mol. The maximum atomic E-state index is 13.8. The van der Waals surface area contributed by atoms with Crippen LogP contribution in [-0.4, -0.2) is 23.1 Å². The Morgan fingerprint density at radius 1 is 1.20 bits per heavy atom. The largest absolute Gasteiger partial charge is 0.494 e. The van der Waals surface area contributed by atoms with Gasteiger partial charge in [0.1, 0.15) is 12.1 Å². The smallest absolute Gasteiger partial charge is 0.186 e. The van der Waals surface area contributed by atoms with E-state index in [1.165, 1.54) is 6.33 Å². The number of aromatic nitrogens is 2. The number of rotatable bonds is 7. The fourth-order valence-electron chi connectivity index (χ4n) is 1.76. The second-order valence-electron chi connectivity index (χ2n) is 4.28. The summed E-state index contributed by atoms with van der Waals surface area (Å²) in [4.78, 5) is 7.80. The molecule has 2 aromatic rings. The molecule has 0 bridgehead atoms. The van der Waals surface area contributed by atoms with Crippen molar-refractivity contribution in [3.8, 4) is 5.75 Å². The van der Waals surface area contributed by atoms with Crippen LogP contribution in [0.1, 0.15) is 19.0 Å². The number of hydrogen-bond acceptors (Lipinski definition) is 4. The normalized spacial score (nSPS) is 10.3. The molecule has 0 atom stereocenters. The van der Waals surface area contributed by atoms with Crippen LogP contribution in [0.5, 0.6) is 5.75 Å². The lowest BCUT2D eigenvalue weighted by molar-refractivity contribution is 0.315. The van der Waals surface area contributed by atoms with Crippen molar-refractivity contribution in [3.63, 3.8) is 0 Å². The first-order valence-electron chi connectivity index (χ1n) is 6.72. The van der Waals surface area contributed by atoms with Gasteiger partial charge in [0.15, 0.2) is 11.6 Å². The van der Waals surface area contributed by atoms with Crippen molar-refractivity contribution in [1.82, 2.24) is 9.97 Å². The highest BCUT2D eigenvalue weighted by Crippen LogP contribution is 2.13. The molecule has 0 amide bonds. The van der Waals surface area contributed by atoms with Gasteiger partial charge in [0.05, 0.1) is 12.3 Å². The van der Waals surface area contributed by atoms with Crippen LogP contribution in [0, 0.1) is 5.82 Å². The van der Waals surface area contributed by atoms with Gasteiger partial charge in [0.2, 0.25) is 0 Å². The van der Waals surface area contributed by atoms with Crippen molar-refractivity contribution in [2.24, 2.45) is 0 Å². The lowest BCUT2D eigenvalue weighted by atomic mass is 10.3. The number of ether oxygens (including phenoxy) is 1. The molecule has 0 unspecified atom stereocenters. The Balaban J connectivity index is 1.74. The zero-order chi connectivity index (χ0) is 14.2. The highest BCUT2D eigenvalue weighted by atomic mass is 19.1. The van der Waals surface area contributed by atoms with E-state index in [1.807, 2.05) is 37.3 Å². The molecule has 1 heterocycles. The van der Waals surface area contributed by atoms with Gasteiger partial charge in [-0.05, 0) is 25.0 Å². The lowest BCUT2D eigenvalue weighted by Gasteiger charge is -2.09. The van der Waals surface area contributed by atoms with Crippen LogP contribution in [0.25, 0.3) is 0 Å². The molecule has 2 rings (SSSR count). The number of para-hydroxylation sites is 1. The van der Waals surface area contributed by atoms with Gasteiger partial charge in [0.25, 0.3) is 0 Å². The number of nitrogens with one attached hydrogen (secondary N) is 1. The van der Waals surface area contributed by atoms with Crippen molar-refractivity contribution in [3.05, 3.63) is 48.2 Å². The highest BCUT2D eigenvalue weighted by Gasteiger charge is 2.08. The summed E-state index contributed by atoms with van der Waals surface area (Å²) < 4.78 is 19.4. The molecule has 1 N–H and O–H groups in total. The van der Waals surface area contributed by atoms with Crippen LogP contribution in [0.3, 0.4) is 0 Å². The second kappa shape index (κ2) is 7.43. The van der Waals surface area contributed by atoms with Gasteiger partial charge in [-0.2, -0.15) is 0 Å². The molecule has 0 saturated carbocycles. The van der Waals surface area contributed by atoms with Crippen LogP contribution in [0.4, 0.5) is 10.2 Å². The van der Waals surface area contributed by atoms with E-state index in [2.05, 4.69) is 15.3 Å². The van der Waals surface area contributed by atoms with Gasteiger partial charge in [0, 0.05) is 6.54 Å². The van der Waals surface area contributed by atoms with Gasteiger partial charge < -0.3 is 10.1 Å². The Labute approximate surface area is 118 Å². The SMILES string of the molecule is CCc1ncnc(NCCCOc2ccccc2)c1F. The van der Waals surface area contributed by atoms with Gasteiger partial charge >= 0.3 is 0 Å². The summed E-state index contributed by atoms with van der Waals surface area (Å²) in [5.41, 5.74) is 0.433. The molecule has 20 heavy (non-hydrogen) atoms. The molecule has 0 aliphatic carbocycles. The minimum atomic E-state index is -0.362. The monoisotopic (exact) mass is 275 g/mol. The minimum Gasteiger partial charge on any atom is -0.494 e. The second-order valence-corrected chi connectivity index (χ2v) is 4.28. The summed E-state index contributed by atoms with van der Waals surface area (Å²) in [5, 5.41) is 2.97. The van der Waals surface area contributed by atoms with Crippen molar-refractivity contribution in [1.29, 1.82) is 0 Å². The van der Waals surface area contributed by atoms with E-state index in [-0.39, 0.29) is 11.6 Å². The third-order valence-electron chi connectivity index (χ3n) is 2.82. The van der Waals surface area contributed by atoms with Crippen LogP contribution in [0.15, 0.2) is 36.7 Å². The fraction of sp³-hybridized carbons (Fsp3) is 0.333. The number of nitrogens with zero attached hydrogens (tertiary/aromatic N) is 2. The molecular formula is C15H18FN3O. The standard InChI is InChI=1S/C15H18FN3O/c1-2-13-14(16)15(19-11-18-13)17-9-6-10-20-12-7-4-3-5-8-12/h3-5,7-8,11H,2,6,9-10H2,1H3,(H,17,18,19). The van der Waals surface area contributed by atoms with E-state index in [9.17, 15) is 4.39 Å². The molecule has 0 saturated heterocycles. The maximum absolute atomic E-state index is 13.8. The molecule has 106 valence electrons. The molecule has 4 nitrogen and oxygen atoms in total. The Morgan fingerprint density at radius 3 is 2.75 bits per heavy atom. The molecule has 0 radical (unpaired) electrons. The number of aryl methyl sites for hydroxylation is 1. The average Bonchev–Trinajstić information content (AvgIpc) is 2.49. The topological polar surface area (TPSA) is 47.0 Å². The summed E-state index contributed by atoms with van der Waals surface area (Å²) >= 11 is 0. The fourth-order valence-corrected chi connectivity index (χ4v) is 1.76. The highest BCUT2D eigenvalue weighted by molar-refractivity contribution is 5.37. The van der Waals surface area contributed by atoms with E-state index in [0.29, 0.717) is 25.3 Å². The summed E-state index contributed by atoms with van der Waals surface area (Å²) in [7, 11) is 0. The predicted molar refractivity (Wildman–Crippen MR) is 76.4 cm³/mol. The number of halogens is 1. The first-order valence-corrected chi connectivity index (χ1v) is 6.72. The minimum absolute atomic E-state index is 0.261. The van der Waals surface area contributed by atoms with Gasteiger partial charge in [-0.3, -0.25) is 0 Å². The lowest BCUT2D eigenvalue weighted by Crippen LogP contribution is -2.11. The molecule has 0 aliphatic heterocycles. The van der Waals surface area contributed by atoms with Gasteiger partial charge in [-0.15, -0.1) is 0 Å². The Morgan fingerprint density at radius 2 is 2.00 bits per heavy atom. The maximum Gasteiger partial charge on any atom is 0.186 e. The summed E-state index contributed by atoms with van der Waals surface area (Å²) in [6.07, 6.45) is 2.70. The van der Waals surface area contributed by atoms with Gasteiger partial charge in [-0.25, -0.2) is 14.4 Å². The zero-order valence-corrected chi connectivity index (χ0v) is 11.5. The molecule has 0 fully saturated rings. The van der Waals surface area contributed by atoms with Crippen LogP contribution in [-0.2, 0) is 6.42 Å². The van der Waals surface area contributed by atoms with E-state index in [0.717, 1.165) is 12.2 Å². The molecule has 1 aromatic carbocycles. The molecule has 0 spiro atoms. The van der Waals surface area contributed by atoms with Crippen LogP contribution >= 0.6 is 0 Å². The Hall–Kier alpha value is -2.17. The quantitative estimate of drug-likeness (QED) is 0.789. The third-order valence-corrected chi connectivity index (χ3v) is 2.82. The summed E-state index contributed by atoms with van der Waals surface area (Å²) in [5.74, 6) is 0.740. The first kappa shape index (κ1) is 14.2. The zero-order valence-electron chi connectivity index (χ0n) is 11.5. The van der Waals surface area contributed by atoms with E-state index >= 15 is 0 Å². The molecule has 1 aromatic heterocycles. The summed E-state index contributed by atoms with van der Waals surface area (Å²) in [6.45, 7) is 3.04. The van der Waals surface area contributed by atoms with Crippen LogP contribution in [0.2, 0.25) is 0 Å². The van der Waals surface area contributed by atoms with Crippen molar-refractivity contribution in [2.45, 2.75) is 19.8 Å². The number of hydrogen-bond donors (Lipinski definition) is 1. The molecular weight excluding hydrogens is 257 g/mol.